The highest BCUT2D eigenvalue weighted by molar-refractivity contribution is 6.26. The summed E-state index contributed by atoms with van der Waals surface area (Å²) in [6.45, 7) is 6.18. The van der Waals surface area contributed by atoms with Crippen molar-refractivity contribution in [2.45, 2.75) is 20.3 Å². The Balaban J connectivity index is 2.46. The molecule has 0 aromatic heterocycles. The Bertz CT molecular complexity index is 797. The van der Waals surface area contributed by atoms with Crippen LogP contribution in [0.15, 0.2) is 58.0 Å². The van der Waals surface area contributed by atoms with Crippen molar-refractivity contribution in [3.05, 3.63) is 70.0 Å². The molecule has 0 atom stereocenters. The lowest BCUT2D eigenvalue weighted by atomic mass is 9.83. The number of allylic oxidation sites excluding steroid dienone is 5. The Morgan fingerprint density at radius 1 is 1.22 bits per heavy atom. The van der Waals surface area contributed by atoms with Crippen LogP contribution in [-0.4, -0.2) is 18.3 Å². The Morgan fingerprint density at radius 3 is 2.52 bits per heavy atom. The summed E-state index contributed by atoms with van der Waals surface area (Å²) in [5.74, 6) is -1.73. The Morgan fingerprint density at radius 2 is 1.91 bits per heavy atom. The van der Waals surface area contributed by atoms with Gasteiger partial charge in [0.2, 0.25) is 0 Å². The first-order valence-corrected chi connectivity index (χ1v) is 6.93. The van der Waals surface area contributed by atoms with Crippen molar-refractivity contribution in [2.24, 2.45) is 4.99 Å². The highest BCUT2D eigenvalue weighted by Gasteiger charge is 2.30. The van der Waals surface area contributed by atoms with E-state index in [9.17, 15) is 18.4 Å². The van der Waals surface area contributed by atoms with E-state index in [-0.39, 0.29) is 34.5 Å². The summed E-state index contributed by atoms with van der Waals surface area (Å²) in [5, 5.41) is 0. The minimum atomic E-state index is -0.571. The van der Waals surface area contributed by atoms with Crippen LogP contribution in [0.4, 0.5) is 8.78 Å². The molecule has 0 fully saturated rings. The quantitative estimate of drug-likeness (QED) is 0.612. The standard InChI is InChI=1S/C18H15F2NO2/c1-10(19)4-6-13(21-3)9-15-11(2)17(22)16-8-12(20)5-7-14(16)18(15)23/h4-8H,3,9H2,1-2H3/b10-4+,13-6-. The van der Waals surface area contributed by atoms with E-state index in [4.69, 9.17) is 0 Å². The summed E-state index contributed by atoms with van der Waals surface area (Å²) < 4.78 is 26.1. The molecule has 0 saturated carbocycles. The van der Waals surface area contributed by atoms with Crippen molar-refractivity contribution >= 4 is 18.3 Å². The molecule has 0 heterocycles. The monoisotopic (exact) mass is 315 g/mol. The molecule has 0 spiro atoms. The van der Waals surface area contributed by atoms with Crippen LogP contribution < -0.4 is 0 Å². The molecule has 1 aliphatic carbocycles. The van der Waals surface area contributed by atoms with Gasteiger partial charge in [0.25, 0.3) is 0 Å². The highest BCUT2D eigenvalue weighted by Crippen LogP contribution is 2.30. The number of nitrogens with zero attached hydrogens (tertiary/aromatic N) is 1. The van der Waals surface area contributed by atoms with E-state index in [0.29, 0.717) is 5.70 Å². The molecule has 1 aromatic rings. The number of rotatable bonds is 4. The minimum Gasteiger partial charge on any atom is -0.289 e. The van der Waals surface area contributed by atoms with Gasteiger partial charge in [0.15, 0.2) is 11.6 Å². The Hall–Kier alpha value is -2.69. The average Bonchev–Trinajstić information content (AvgIpc) is 2.52. The first-order valence-electron chi connectivity index (χ1n) is 6.93. The predicted octanol–water partition coefficient (Wildman–Crippen LogP) is 4.37. The van der Waals surface area contributed by atoms with Crippen LogP contribution in [0.3, 0.4) is 0 Å². The number of carbonyl (C=O) groups excluding carboxylic acids is 2. The molecule has 0 amide bonds. The maximum atomic E-state index is 13.3. The van der Waals surface area contributed by atoms with Gasteiger partial charge in [-0.2, -0.15) is 0 Å². The topological polar surface area (TPSA) is 46.5 Å². The molecule has 0 bridgehead atoms. The molecule has 0 saturated heterocycles. The van der Waals surface area contributed by atoms with Crippen LogP contribution in [0.2, 0.25) is 0 Å². The summed E-state index contributed by atoms with van der Waals surface area (Å²) in [6.07, 6.45) is 2.67. The van der Waals surface area contributed by atoms with Gasteiger partial charge in [0, 0.05) is 34.4 Å². The maximum Gasteiger partial charge on any atom is 0.190 e. The third-order valence-corrected chi connectivity index (χ3v) is 3.60. The SMILES string of the molecule is C=N/C(=C\C=C(/C)F)CC1=C(C)C(=O)c2cc(F)ccc2C1=O. The number of ketones is 2. The maximum absolute atomic E-state index is 13.3. The number of Topliss-reactive ketones (excluding diaryl/α,β-unsaturated/α-hetero) is 2. The number of halogens is 2. The molecule has 118 valence electrons. The molecule has 5 heteroatoms. The number of hydrogen-bond donors (Lipinski definition) is 0. The van der Waals surface area contributed by atoms with Gasteiger partial charge in [0.1, 0.15) is 5.82 Å². The highest BCUT2D eigenvalue weighted by atomic mass is 19.1. The normalized spacial score (nSPS) is 15.8. The largest absolute Gasteiger partial charge is 0.289 e. The average molecular weight is 315 g/mol. The van der Waals surface area contributed by atoms with Crippen molar-refractivity contribution in [3.8, 4) is 0 Å². The van der Waals surface area contributed by atoms with Crippen LogP contribution >= 0.6 is 0 Å². The van der Waals surface area contributed by atoms with Crippen molar-refractivity contribution in [2.75, 3.05) is 0 Å². The van der Waals surface area contributed by atoms with Crippen LogP contribution in [-0.2, 0) is 0 Å². The van der Waals surface area contributed by atoms with Crippen LogP contribution in [0, 0.1) is 5.82 Å². The van der Waals surface area contributed by atoms with Crippen LogP contribution in [0.25, 0.3) is 0 Å². The lowest BCUT2D eigenvalue weighted by Gasteiger charge is -2.19. The van der Waals surface area contributed by atoms with Gasteiger partial charge >= 0.3 is 0 Å². The van der Waals surface area contributed by atoms with Gasteiger partial charge in [0.05, 0.1) is 5.83 Å². The van der Waals surface area contributed by atoms with Gasteiger partial charge in [-0.3, -0.25) is 14.6 Å². The van der Waals surface area contributed by atoms with Gasteiger partial charge in [-0.25, -0.2) is 8.78 Å². The number of benzene rings is 1. The Kier molecular flexibility index (Phi) is 4.79. The summed E-state index contributed by atoms with van der Waals surface area (Å²) in [5.41, 5.74) is 1.09. The minimum absolute atomic E-state index is 0.0561. The van der Waals surface area contributed by atoms with Crippen molar-refractivity contribution in [1.29, 1.82) is 0 Å². The van der Waals surface area contributed by atoms with E-state index < -0.39 is 17.4 Å². The first kappa shape index (κ1) is 16.7. The van der Waals surface area contributed by atoms with Gasteiger partial charge in [-0.05, 0) is 50.9 Å². The van der Waals surface area contributed by atoms with Crippen molar-refractivity contribution in [1.82, 2.24) is 0 Å². The smallest absolute Gasteiger partial charge is 0.190 e. The van der Waals surface area contributed by atoms with Gasteiger partial charge in [-0.1, -0.05) is 0 Å². The number of fused-ring (bicyclic) bond motifs is 1. The Labute approximate surface area is 132 Å². The summed E-state index contributed by atoms with van der Waals surface area (Å²) in [4.78, 5) is 28.7. The molecule has 23 heavy (non-hydrogen) atoms. The lowest BCUT2D eigenvalue weighted by molar-refractivity contribution is 0.0972. The lowest BCUT2D eigenvalue weighted by Crippen LogP contribution is -2.21. The van der Waals surface area contributed by atoms with Crippen molar-refractivity contribution < 1.29 is 18.4 Å². The molecule has 1 aliphatic rings. The summed E-state index contributed by atoms with van der Waals surface area (Å²) in [6, 6.07) is 3.50. The second-order valence-corrected chi connectivity index (χ2v) is 5.20. The van der Waals surface area contributed by atoms with Crippen LogP contribution in [0.1, 0.15) is 41.0 Å². The fraction of sp³-hybridized carbons (Fsp3) is 0.167. The molecule has 0 aliphatic heterocycles. The molecule has 0 unspecified atom stereocenters. The zero-order valence-electron chi connectivity index (χ0n) is 12.8. The summed E-state index contributed by atoms with van der Waals surface area (Å²) >= 11 is 0. The molecule has 2 rings (SSSR count). The second-order valence-electron chi connectivity index (χ2n) is 5.20. The summed E-state index contributed by atoms with van der Waals surface area (Å²) in [7, 11) is 0. The second kappa shape index (κ2) is 6.60. The molecule has 3 nitrogen and oxygen atoms in total. The third kappa shape index (κ3) is 3.39. The third-order valence-electron chi connectivity index (χ3n) is 3.60. The van der Waals surface area contributed by atoms with Crippen LogP contribution in [0.5, 0.6) is 0 Å². The number of carbonyl (C=O) groups is 2. The fourth-order valence-electron chi connectivity index (χ4n) is 2.35. The molecular formula is C18H15F2NO2. The zero-order chi connectivity index (χ0) is 17.1. The molecule has 1 aromatic carbocycles. The molecule has 0 radical (unpaired) electrons. The van der Waals surface area contributed by atoms with Gasteiger partial charge in [-0.15, -0.1) is 0 Å². The zero-order valence-corrected chi connectivity index (χ0v) is 12.8. The first-order chi connectivity index (χ1) is 10.8. The van der Waals surface area contributed by atoms with E-state index >= 15 is 0 Å². The van der Waals surface area contributed by atoms with Gasteiger partial charge < -0.3 is 0 Å². The molecule has 0 N–H and O–H groups in total. The fourth-order valence-corrected chi connectivity index (χ4v) is 2.35. The predicted molar refractivity (Wildman–Crippen MR) is 84.9 cm³/mol. The molecular weight excluding hydrogens is 300 g/mol. The van der Waals surface area contributed by atoms with E-state index in [2.05, 4.69) is 11.7 Å². The number of hydrogen-bond acceptors (Lipinski definition) is 3. The number of aliphatic imine (C=N–C) groups is 1. The van der Waals surface area contributed by atoms with E-state index in [1.54, 1.807) is 0 Å². The van der Waals surface area contributed by atoms with Crippen molar-refractivity contribution in [3.63, 3.8) is 0 Å². The van der Waals surface area contributed by atoms with E-state index in [1.165, 1.54) is 32.1 Å². The van der Waals surface area contributed by atoms with E-state index in [0.717, 1.165) is 12.1 Å². The van der Waals surface area contributed by atoms with E-state index in [1.807, 2.05) is 0 Å².